The molecular weight excluding hydrogens is 426 g/mol. The maximum absolute atomic E-state index is 12.1. The van der Waals surface area contributed by atoms with Crippen LogP contribution in [0.1, 0.15) is 77.0 Å². The fourth-order valence-electron chi connectivity index (χ4n) is 5.58. The minimum atomic E-state index is -0.845. The van der Waals surface area contributed by atoms with Gasteiger partial charge in [-0.1, -0.05) is 6.42 Å². The Morgan fingerprint density at radius 3 is 1.82 bits per heavy atom. The first-order valence-corrected chi connectivity index (χ1v) is 12.6. The lowest BCUT2D eigenvalue weighted by molar-refractivity contribution is -0.142. The van der Waals surface area contributed by atoms with Gasteiger partial charge in [-0.2, -0.15) is 0 Å². The first-order chi connectivity index (χ1) is 15.8. The quantitative estimate of drug-likeness (QED) is 0.380. The molecule has 0 radical (unpaired) electrons. The number of carbonyl (C=O) groups is 3. The van der Waals surface area contributed by atoms with Gasteiger partial charge in [-0.05, 0) is 76.3 Å². The van der Waals surface area contributed by atoms with Gasteiger partial charge in [0.05, 0.1) is 6.42 Å². The van der Waals surface area contributed by atoms with Crippen molar-refractivity contribution in [2.45, 2.75) is 82.6 Å². The first kappa shape index (κ1) is 27.5. The molecule has 2 fully saturated rings. The van der Waals surface area contributed by atoms with Crippen molar-refractivity contribution in [3.8, 4) is 0 Å². The molecule has 0 bridgehead atoms. The van der Waals surface area contributed by atoms with Crippen LogP contribution in [-0.2, 0) is 14.4 Å². The highest BCUT2D eigenvalue weighted by Crippen LogP contribution is 2.39. The predicted octanol–water partition coefficient (Wildman–Crippen LogP) is 2.40. The van der Waals surface area contributed by atoms with E-state index in [1.165, 1.54) is 0 Å². The molecule has 9 nitrogen and oxygen atoms in total. The summed E-state index contributed by atoms with van der Waals surface area (Å²) in [4.78, 5) is 37.3. The molecule has 1 saturated heterocycles. The zero-order valence-corrected chi connectivity index (χ0v) is 19.9. The van der Waals surface area contributed by atoms with E-state index in [1.54, 1.807) is 0 Å². The second-order valence-electron chi connectivity index (χ2n) is 9.93. The number of nitrogens with zero attached hydrogens (tertiary/aromatic N) is 1. The van der Waals surface area contributed by atoms with Gasteiger partial charge in [0.15, 0.2) is 0 Å². The standard InChI is InChI=1S/C24H43N3O6/c28-21(29)16-19-4-5-20(17-22(30)31)7-9-24(8-6-19,18-23(32)33)27-14-3-1-2-10-25-11-12-26-13-15-27/h19-20,25-26H,1-18H2,(H,28,29)(H,30,31)(H,32,33). The summed E-state index contributed by atoms with van der Waals surface area (Å²) in [6, 6.07) is 0. The third kappa shape index (κ3) is 10.4. The van der Waals surface area contributed by atoms with Gasteiger partial charge >= 0.3 is 17.9 Å². The van der Waals surface area contributed by atoms with Crippen LogP contribution in [0.2, 0.25) is 0 Å². The minimum absolute atomic E-state index is 0.00807. The van der Waals surface area contributed by atoms with Gasteiger partial charge in [0, 0.05) is 44.6 Å². The van der Waals surface area contributed by atoms with Crippen molar-refractivity contribution in [1.29, 1.82) is 0 Å². The summed E-state index contributed by atoms with van der Waals surface area (Å²) in [6.07, 6.45) is 7.22. The average Bonchev–Trinajstić information content (AvgIpc) is 2.79. The van der Waals surface area contributed by atoms with E-state index in [1.807, 2.05) is 0 Å². The normalized spacial score (nSPS) is 29.5. The summed E-state index contributed by atoms with van der Waals surface area (Å²) in [5.74, 6) is -2.64. The number of nitrogens with one attached hydrogen (secondary N) is 2. The van der Waals surface area contributed by atoms with Gasteiger partial charge in [0.2, 0.25) is 0 Å². The lowest BCUT2D eigenvalue weighted by Crippen LogP contribution is -2.53. The topological polar surface area (TPSA) is 139 Å². The molecule has 33 heavy (non-hydrogen) atoms. The molecule has 1 saturated carbocycles. The summed E-state index contributed by atoms with van der Waals surface area (Å²) in [6.45, 7) is 5.06. The monoisotopic (exact) mass is 469 g/mol. The van der Waals surface area contributed by atoms with E-state index in [4.69, 9.17) is 0 Å². The molecule has 2 atom stereocenters. The van der Waals surface area contributed by atoms with Gasteiger partial charge in [-0.25, -0.2) is 0 Å². The van der Waals surface area contributed by atoms with E-state index in [0.29, 0.717) is 38.5 Å². The van der Waals surface area contributed by atoms with Crippen LogP contribution in [0.15, 0.2) is 0 Å². The van der Waals surface area contributed by atoms with Crippen LogP contribution in [0.25, 0.3) is 0 Å². The molecule has 2 rings (SSSR count). The zero-order valence-electron chi connectivity index (χ0n) is 19.9. The maximum Gasteiger partial charge on any atom is 0.305 e. The molecule has 190 valence electrons. The number of hydrogen-bond acceptors (Lipinski definition) is 6. The first-order valence-electron chi connectivity index (χ1n) is 12.6. The Labute approximate surface area is 197 Å². The average molecular weight is 470 g/mol. The van der Waals surface area contributed by atoms with Gasteiger partial charge in [0.1, 0.15) is 0 Å². The summed E-state index contributed by atoms with van der Waals surface area (Å²) in [5, 5.41) is 35.6. The molecule has 2 aliphatic rings. The number of aliphatic carboxylic acids is 3. The lowest BCUT2D eigenvalue weighted by Gasteiger charge is -2.45. The van der Waals surface area contributed by atoms with Crippen molar-refractivity contribution in [2.75, 3.05) is 39.3 Å². The third-order valence-corrected chi connectivity index (χ3v) is 7.42. The number of carboxylic acids is 3. The van der Waals surface area contributed by atoms with Gasteiger partial charge in [-0.15, -0.1) is 0 Å². The molecule has 1 aliphatic carbocycles. The van der Waals surface area contributed by atoms with E-state index >= 15 is 0 Å². The largest absolute Gasteiger partial charge is 0.481 e. The molecule has 0 amide bonds. The third-order valence-electron chi connectivity index (χ3n) is 7.42. The lowest BCUT2D eigenvalue weighted by atomic mass is 9.79. The van der Waals surface area contributed by atoms with Crippen LogP contribution in [0.3, 0.4) is 0 Å². The van der Waals surface area contributed by atoms with Crippen LogP contribution in [0.4, 0.5) is 0 Å². The van der Waals surface area contributed by atoms with Gasteiger partial charge in [-0.3, -0.25) is 19.3 Å². The molecule has 0 aromatic carbocycles. The number of rotatable bonds is 7. The Hall–Kier alpha value is -1.71. The van der Waals surface area contributed by atoms with Crippen molar-refractivity contribution < 1.29 is 29.7 Å². The Kier molecular flexibility index (Phi) is 12.1. The maximum atomic E-state index is 12.1. The van der Waals surface area contributed by atoms with E-state index in [2.05, 4.69) is 15.5 Å². The smallest absolute Gasteiger partial charge is 0.305 e. The molecule has 1 heterocycles. The summed E-state index contributed by atoms with van der Waals surface area (Å²) in [5.41, 5.74) is -0.576. The fourth-order valence-corrected chi connectivity index (χ4v) is 5.58. The van der Waals surface area contributed by atoms with Gasteiger partial charge in [0.25, 0.3) is 0 Å². The molecule has 9 heteroatoms. The van der Waals surface area contributed by atoms with Crippen LogP contribution >= 0.6 is 0 Å². The number of hydrogen-bond donors (Lipinski definition) is 5. The molecular formula is C24H43N3O6. The molecule has 2 unspecified atom stereocenters. The zero-order chi connectivity index (χ0) is 24.1. The molecule has 5 N–H and O–H groups in total. The van der Waals surface area contributed by atoms with Crippen molar-refractivity contribution in [2.24, 2.45) is 11.8 Å². The molecule has 1 aliphatic heterocycles. The van der Waals surface area contributed by atoms with Crippen LogP contribution in [-0.4, -0.2) is 82.9 Å². The van der Waals surface area contributed by atoms with Crippen molar-refractivity contribution in [1.82, 2.24) is 15.5 Å². The van der Waals surface area contributed by atoms with Crippen LogP contribution < -0.4 is 10.6 Å². The molecule has 0 aromatic rings. The SMILES string of the molecule is O=C(O)CC1CCC(CC(=O)O)CCC(CC(=O)O)(N2CCCCCNCCNCC2)CC1. The van der Waals surface area contributed by atoms with Gasteiger partial charge < -0.3 is 26.0 Å². The Balaban J connectivity index is 2.29. The van der Waals surface area contributed by atoms with Crippen LogP contribution in [0.5, 0.6) is 0 Å². The highest BCUT2D eigenvalue weighted by molar-refractivity contribution is 5.69. The fraction of sp³-hybridized carbons (Fsp3) is 0.875. The second kappa shape index (κ2) is 14.5. The van der Waals surface area contributed by atoms with E-state index in [0.717, 1.165) is 58.5 Å². The van der Waals surface area contributed by atoms with E-state index in [-0.39, 0.29) is 31.1 Å². The Morgan fingerprint density at radius 2 is 1.27 bits per heavy atom. The van der Waals surface area contributed by atoms with Crippen molar-refractivity contribution in [3.63, 3.8) is 0 Å². The van der Waals surface area contributed by atoms with Crippen molar-refractivity contribution >= 4 is 17.9 Å². The summed E-state index contributed by atoms with van der Waals surface area (Å²) >= 11 is 0. The Morgan fingerprint density at radius 1 is 0.697 bits per heavy atom. The minimum Gasteiger partial charge on any atom is -0.481 e. The van der Waals surface area contributed by atoms with Crippen LogP contribution in [0, 0.1) is 11.8 Å². The summed E-state index contributed by atoms with van der Waals surface area (Å²) < 4.78 is 0. The van der Waals surface area contributed by atoms with Crippen molar-refractivity contribution in [3.05, 3.63) is 0 Å². The molecule has 0 spiro atoms. The van der Waals surface area contributed by atoms with E-state index in [9.17, 15) is 29.7 Å². The second-order valence-corrected chi connectivity index (χ2v) is 9.93. The highest BCUT2D eigenvalue weighted by Gasteiger charge is 2.40. The predicted molar refractivity (Wildman–Crippen MR) is 125 cm³/mol. The summed E-state index contributed by atoms with van der Waals surface area (Å²) in [7, 11) is 0. The van der Waals surface area contributed by atoms with E-state index < -0.39 is 23.4 Å². The Bertz CT molecular complexity index is 589. The number of carboxylic acid groups (broad SMARTS) is 3. The molecule has 0 aromatic heterocycles. The highest BCUT2D eigenvalue weighted by atomic mass is 16.4.